The zero-order valence-electron chi connectivity index (χ0n) is 8.55. The summed E-state index contributed by atoms with van der Waals surface area (Å²) in [6.45, 7) is 3.98. The van der Waals surface area contributed by atoms with E-state index in [0.717, 1.165) is 12.8 Å². The molecule has 0 aliphatic carbocycles. The van der Waals surface area contributed by atoms with E-state index in [0.29, 0.717) is 12.8 Å². The number of rotatable bonds is 7. The first-order chi connectivity index (χ1) is 6.06. The zero-order valence-corrected chi connectivity index (χ0v) is 9.36. The van der Waals surface area contributed by atoms with Crippen molar-refractivity contribution in [3.63, 3.8) is 0 Å². The van der Waals surface area contributed by atoms with Crippen LogP contribution < -0.4 is 0 Å². The van der Waals surface area contributed by atoms with Gasteiger partial charge in [0.1, 0.15) is 5.60 Å². The van der Waals surface area contributed by atoms with Crippen LogP contribution in [0.25, 0.3) is 0 Å². The van der Waals surface area contributed by atoms with Crippen molar-refractivity contribution in [2.45, 2.75) is 58.0 Å². The van der Waals surface area contributed by atoms with Gasteiger partial charge in [0.05, 0.1) is 0 Å². The van der Waals surface area contributed by atoms with Crippen LogP contribution >= 0.6 is 12.2 Å². The highest BCUT2D eigenvalue weighted by Crippen LogP contribution is 2.20. The van der Waals surface area contributed by atoms with Gasteiger partial charge in [-0.05, 0) is 25.1 Å². The highest BCUT2D eigenvalue weighted by Gasteiger charge is 2.28. The van der Waals surface area contributed by atoms with Crippen LogP contribution in [0.15, 0.2) is 0 Å². The molecule has 3 heteroatoms. The Balaban J connectivity index is 3.78. The fourth-order valence-electron chi connectivity index (χ4n) is 1.28. The van der Waals surface area contributed by atoms with Crippen molar-refractivity contribution in [1.29, 1.82) is 0 Å². The van der Waals surface area contributed by atoms with Gasteiger partial charge in [-0.25, -0.2) is 0 Å². The molecule has 0 radical (unpaired) electrons. The van der Waals surface area contributed by atoms with Crippen LogP contribution in [0.3, 0.4) is 0 Å². The molecule has 0 heterocycles. The second kappa shape index (κ2) is 6.33. The Bertz CT molecular complexity index is 159. The summed E-state index contributed by atoms with van der Waals surface area (Å²) < 4.78 is 0. The van der Waals surface area contributed by atoms with Gasteiger partial charge < -0.3 is 10.2 Å². The van der Waals surface area contributed by atoms with Crippen molar-refractivity contribution in [3.8, 4) is 0 Å². The van der Waals surface area contributed by atoms with Crippen molar-refractivity contribution in [2.75, 3.05) is 0 Å². The van der Waals surface area contributed by atoms with E-state index in [1.807, 2.05) is 6.92 Å². The molecule has 0 amide bonds. The minimum atomic E-state index is -1.12. The average molecular weight is 204 g/mol. The van der Waals surface area contributed by atoms with Crippen LogP contribution in [0.4, 0.5) is 0 Å². The maximum Gasteiger partial charge on any atom is 0.189 e. The van der Waals surface area contributed by atoms with Crippen LogP contribution in [0.2, 0.25) is 0 Å². The van der Waals surface area contributed by atoms with Gasteiger partial charge in [-0.3, -0.25) is 0 Å². The highest BCUT2D eigenvalue weighted by atomic mass is 32.1. The van der Waals surface area contributed by atoms with Crippen LogP contribution in [0, 0.1) is 0 Å². The lowest BCUT2D eigenvalue weighted by molar-refractivity contribution is 0.0801. The Morgan fingerprint density at radius 1 is 1.23 bits per heavy atom. The molecular weight excluding hydrogens is 184 g/mol. The summed E-state index contributed by atoms with van der Waals surface area (Å²) in [5, 5.41) is 18.7. The minimum Gasteiger partial charge on any atom is -0.500 e. The third kappa shape index (κ3) is 4.58. The molecule has 0 aromatic carbocycles. The van der Waals surface area contributed by atoms with E-state index in [1.54, 1.807) is 0 Å². The van der Waals surface area contributed by atoms with Gasteiger partial charge in [0.25, 0.3) is 0 Å². The number of hydrogen-bond donors (Lipinski definition) is 2. The Kier molecular flexibility index (Phi) is 6.25. The molecule has 78 valence electrons. The van der Waals surface area contributed by atoms with E-state index in [1.165, 1.54) is 12.8 Å². The standard InChI is InChI=1S/C10H20O2S/c1-3-5-6-7-8-10(12,4-2)9(11)13/h12H,3-8H2,1-2H3,(H,11,13). The second-order valence-corrected chi connectivity index (χ2v) is 3.89. The van der Waals surface area contributed by atoms with E-state index in [-0.39, 0.29) is 5.05 Å². The smallest absolute Gasteiger partial charge is 0.189 e. The fraction of sp³-hybridized carbons (Fsp3) is 0.900. The first-order valence-electron chi connectivity index (χ1n) is 5.02. The SMILES string of the molecule is CCCCCCC(O)(CC)C(O)=S. The zero-order chi connectivity index (χ0) is 10.3. The van der Waals surface area contributed by atoms with Gasteiger partial charge in [-0.15, -0.1) is 0 Å². The third-order valence-electron chi connectivity index (χ3n) is 2.43. The molecule has 2 nitrogen and oxygen atoms in total. The quantitative estimate of drug-likeness (QED) is 0.495. The molecule has 0 aromatic heterocycles. The van der Waals surface area contributed by atoms with E-state index in [4.69, 9.17) is 5.11 Å². The van der Waals surface area contributed by atoms with Gasteiger partial charge in [0.15, 0.2) is 5.05 Å². The van der Waals surface area contributed by atoms with Crippen molar-refractivity contribution >= 4 is 17.3 Å². The van der Waals surface area contributed by atoms with E-state index in [2.05, 4.69) is 19.1 Å². The van der Waals surface area contributed by atoms with Crippen LogP contribution in [-0.2, 0) is 0 Å². The van der Waals surface area contributed by atoms with Crippen LogP contribution in [0.1, 0.15) is 52.4 Å². The summed E-state index contributed by atoms with van der Waals surface area (Å²) >= 11 is 4.61. The molecule has 13 heavy (non-hydrogen) atoms. The molecule has 0 saturated heterocycles. The van der Waals surface area contributed by atoms with Gasteiger partial charge in [0.2, 0.25) is 0 Å². The lowest BCUT2D eigenvalue weighted by Crippen LogP contribution is -2.36. The summed E-state index contributed by atoms with van der Waals surface area (Å²) in [5.41, 5.74) is -1.12. The molecule has 0 rings (SSSR count). The van der Waals surface area contributed by atoms with Crippen LogP contribution in [0.5, 0.6) is 0 Å². The number of aliphatic hydroxyl groups is 2. The van der Waals surface area contributed by atoms with Crippen molar-refractivity contribution in [3.05, 3.63) is 0 Å². The van der Waals surface area contributed by atoms with Crippen molar-refractivity contribution < 1.29 is 10.2 Å². The summed E-state index contributed by atoms with van der Waals surface area (Å²) in [5.74, 6) is 0. The van der Waals surface area contributed by atoms with Crippen molar-refractivity contribution in [1.82, 2.24) is 0 Å². The maximum atomic E-state index is 9.81. The lowest BCUT2D eigenvalue weighted by Gasteiger charge is -2.23. The summed E-state index contributed by atoms with van der Waals surface area (Å²) in [4.78, 5) is 0. The second-order valence-electron chi connectivity index (χ2n) is 3.50. The monoisotopic (exact) mass is 204 g/mol. The average Bonchev–Trinajstić information content (AvgIpc) is 2.12. The first kappa shape index (κ1) is 12.8. The Morgan fingerprint density at radius 3 is 2.23 bits per heavy atom. The summed E-state index contributed by atoms with van der Waals surface area (Å²) in [7, 11) is 0. The molecule has 0 aliphatic rings. The predicted octanol–water partition coefficient (Wildman–Crippen LogP) is 2.98. The summed E-state index contributed by atoms with van der Waals surface area (Å²) in [6, 6.07) is 0. The number of thiocarbonyl (C=S) groups is 1. The van der Waals surface area contributed by atoms with Gasteiger partial charge in [0, 0.05) is 0 Å². The molecule has 0 aliphatic heterocycles. The fourth-order valence-corrected chi connectivity index (χ4v) is 1.53. The maximum absolute atomic E-state index is 9.81. The van der Waals surface area contributed by atoms with Gasteiger partial charge in [-0.2, -0.15) is 0 Å². The van der Waals surface area contributed by atoms with Crippen molar-refractivity contribution in [2.24, 2.45) is 0 Å². The lowest BCUT2D eigenvalue weighted by atomic mass is 9.94. The predicted molar refractivity (Wildman–Crippen MR) is 59.2 cm³/mol. The van der Waals surface area contributed by atoms with Gasteiger partial charge >= 0.3 is 0 Å². The number of hydrogen-bond acceptors (Lipinski definition) is 2. The Morgan fingerprint density at radius 2 is 1.85 bits per heavy atom. The molecule has 0 spiro atoms. The number of aliphatic hydroxyl groups excluding tert-OH is 1. The molecule has 1 atom stereocenters. The van der Waals surface area contributed by atoms with E-state index < -0.39 is 5.60 Å². The third-order valence-corrected chi connectivity index (χ3v) is 2.81. The molecular formula is C10H20O2S. The molecule has 0 saturated carbocycles. The van der Waals surface area contributed by atoms with Gasteiger partial charge in [-0.1, -0.05) is 39.5 Å². The molecule has 2 N–H and O–H groups in total. The first-order valence-corrected chi connectivity index (χ1v) is 5.43. The largest absolute Gasteiger partial charge is 0.500 e. The minimum absolute atomic E-state index is 0.258. The molecule has 0 aromatic rings. The van der Waals surface area contributed by atoms with E-state index in [9.17, 15) is 5.11 Å². The number of unbranched alkanes of at least 4 members (excludes halogenated alkanes) is 3. The Labute approximate surface area is 86.0 Å². The molecule has 0 bridgehead atoms. The Hall–Kier alpha value is -0.150. The molecule has 1 unspecified atom stereocenters. The normalized spacial score (nSPS) is 15.3. The highest BCUT2D eigenvalue weighted by molar-refractivity contribution is 7.80. The molecule has 0 fully saturated rings. The topological polar surface area (TPSA) is 40.5 Å². The van der Waals surface area contributed by atoms with Crippen LogP contribution in [-0.4, -0.2) is 20.9 Å². The van der Waals surface area contributed by atoms with E-state index >= 15 is 0 Å². The summed E-state index contributed by atoms with van der Waals surface area (Å²) in [6.07, 6.45) is 5.46.